The Morgan fingerprint density at radius 3 is 2.59 bits per heavy atom. The third kappa shape index (κ3) is 3.94. The highest BCUT2D eigenvalue weighted by atomic mass is 19.4. The summed E-state index contributed by atoms with van der Waals surface area (Å²) in [5.74, 6) is -0.150. The predicted octanol–water partition coefficient (Wildman–Crippen LogP) is 3.67. The minimum Gasteiger partial charge on any atom is -0.497 e. The van der Waals surface area contributed by atoms with Gasteiger partial charge in [-0.1, -0.05) is 12.1 Å². The zero-order chi connectivity index (χ0) is 19.6. The molecule has 3 rings (SSSR count). The number of para-hydroxylation sites is 1. The molecule has 27 heavy (non-hydrogen) atoms. The minimum atomic E-state index is -4.59. The fourth-order valence-electron chi connectivity index (χ4n) is 2.70. The van der Waals surface area contributed by atoms with Crippen LogP contribution in [0.2, 0.25) is 0 Å². The first kappa shape index (κ1) is 18.5. The van der Waals surface area contributed by atoms with Crippen LogP contribution in [-0.2, 0) is 17.5 Å². The molecule has 3 aromatic rings. The van der Waals surface area contributed by atoms with Gasteiger partial charge in [0, 0.05) is 11.6 Å². The van der Waals surface area contributed by atoms with E-state index in [-0.39, 0.29) is 5.69 Å². The number of pyridine rings is 1. The van der Waals surface area contributed by atoms with Crippen LogP contribution in [0.1, 0.15) is 5.56 Å². The topological polar surface area (TPSA) is 60.3 Å². The highest BCUT2D eigenvalue weighted by Gasteiger charge is 2.33. The number of rotatable bonds is 4. The van der Waals surface area contributed by atoms with E-state index in [4.69, 9.17) is 4.74 Å². The normalized spacial score (nSPS) is 11.4. The number of hydrogen-bond donors (Lipinski definition) is 1. The Bertz CT molecular complexity index is 1060. The highest BCUT2D eigenvalue weighted by Crippen LogP contribution is 2.34. The van der Waals surface area contributed by atoms with E-state index in [1.54, 1.807) is 24.3 Å². The van der Waals surface area contributed by atoms with Crippen molar-refractivity contribution >= 4 is 22.4 Å². The van der Waals surface area contributed by atoms with Crippen molar-refractivity contribution in [2.24, 2.45) is 0 Å². The number of hydrogen-bond acceptors (Lipinski definition) is 3. The van der Waals surface area contributed by atoms with Crippen molar-refractivity contribution in [2.45, 2.75) is 12.7 Å². The number of amides is 1. The molecule has 0 fully saturated rings. The number of carbonyl (C=O) groups excluding carboxylic acids is 1. The van der Waals surface area contributed by atoms with E-state index in [0.717, 1.165) is 16.7 Å². The van der Waals surface area contributed by atoms with E-state index in [1.165, 1.54) is 25.4 Å². The first-order valence-corrected chi connectivity index (χ1v) is 7.93. The molecule has 0 aliphatic rings. The quantitative estimate of drug-likeness (QED) is 0.756. The predicted molar refractivity (Wildman–Crippen MR) is 94.8 cm³/mol. The van der Waals surface area contributed by atoms with Gasteiger partial charge in [-0.15, -0.1) is 0 Å². The van der Waals surface area contributed by atoms with Crippen molar-refractivity contribution in [1.29, 1.82) is 0 Å². The van der Waals surface area contributed by atoms with Crippen LogP contribution in [0.5, 0.6) is 5.75 Å². The fraction of sp³-hybridized carbons (Fsp3) is 0.158. The van der Waals surface area contributed by atoms with Crippen LogP contribution in [0.4, 0.5) is 18.9 Å². The van der Waals surface area contributed by atoms with Gasteiger partial charge in [-0.2, -0.15) is 13.2 Å². The summed E-state index contributed by atoms with van der Waals surface area (Å²) in [7, 11) is 1.51. The summed E-state index contributed by atoms with van der Waals surface area (Å²) in [4.78, 5) is 24.7. The zero-order valence-electron chi connectivity index (χ0n) is 14.2. The average Bonchev–Trinajstić information content (AvgIpc) is 2.63. The summed E-state index contributed by atoms with van der Waals surface area (Å²) in [5, 5.41) is 3.23. The number of alkyl halides is 3. The lowest BCUT2D eigenvalue weighted by Crippen LogP contribution is -2.28. The molecule has 8 heteroatoms. The molecule has 0 bridgehead atoms. The number of fused-ring (bicyclic) bond motifs is 1. The van der Waals surface area contributed by atoms with Gasteiger partial charge in [0.15, 0.2) is 0 Å². The molecule has 1 N–H and O–H groups in total. The summed E-state index contributed by atoms with van der Waals surface area (Å²) >= 11 is 0. The van der Waals surface area contributed by atoms with Crippen molar-refractivity contribution in [3.63, 3.8) is 0 Å². The van der Waals surface area contributed by atoms with Gasteiger partial charge >= 0.3 is 6.18 Å². The molecule has 0 aliphatic heterocycles. The maximum absolute atomic E-state index is 13.0. The Morgan fingerprint density at radius 2 is 1.89 bits per heavy atom. The highest BCUT2D eigenvalue weighted by molar-refractivity contribution is 5.92. The van der Waals surface area contributed by atoms with Crippen LogP contribution in [0.25, 0.3) is 10.8 Å². The number of anilines is 1. The molecule has 1 amide bonds. The van der Waals surface area contributed by atoms with E-state index in [1.807, 2.05) is 0 Å². The zero-order valence-corrected chi connectivity index (χ0v) is 14.2. The molecule has 0 saturated carbocycles. The standard InChI is InChI=1S/C19H15F3N2O3/c1-27-13-6-7-14-12(10-13)8-9-24(18(14)26)11-17(25)23-16-5-3-2-4-15(16)19(20,21)22/h2-10H,11H2,1H3,(H,23,25). The molecule has 5 nitrogen and oxygen atoms in total. The molecule has 140 valence electrons. The number of benzene rings is 2. The minimum absolute atomic E-state index is 0.353. The molecule has 0 atom stereocenters. The average molecular weight is 376 g/mol. The molecule has 1 aromatic heterocycles. The maximum atomic E-state index is 13.0. The molecule has 0 saturated heterocycles. The van der Waals surface area contributed by atoms with Gasteiger partial charge in [0.2, 0.25) is 5.91 Å². The van der Waals surface area contributed by atoms with Gasteiger partial charge in [0.05, 0.1) is 18.4 Å². The molecule has 0 unspecified atom stereocenters. The number of halogens is 3. The monoisotopic (exact) mass is 376 g/mol. The molecule has 0 radical (unpaired) electrons. The number of nitrogens with zero attached hydrogens (tertiary/aromatic N) is 1. The Labute approximate surface area is 152 Å². The molecular weight excluding hydrogens is 361 g/mol. The summed E-state index contributed by atoms with van der Waals surface area (Å²) in [6, 6.07) is 11.2. The lowest BCUT2D eigenvalue weighted by atomic mass is 10.1. The van der Waals surface area contributed by atoms with E-state index in [9.17, 15) is 22.8 Å². The van der Waals surface area contributed by atoms with Gasteiger partial charge in [0.25, 0.3) is 5.56 Å². The molecule has 0 aliphatic carbocycles. The summed E-state index contributed by atoms with van der Waals surface area (Å²) in [5.41, 5.74) is -1.72. The second-order valence-corrected chi connectivity index (χ2v) is 5.79. The van der Waals surface area contributed by atoms with Gasteiger partial charge in [-0.3, -0.25) is 9.59 Å². The molecule has 0 spiro atoms. The SMILES string of the molecule is COc1ccc2c(=O)n(CC(=O)Nc3ccccc3C(F)(F)F)ccc2c1. The van der Waals surface area contributed by atoms with Gasteiger partial charge in [-0.05, 0) is 41.8 Å². The Kier molecular flexibility index (Phi) is 4.89. The summed E-state index contributed by atoms with van der Waals surface area (Å²) in [6.07, 6.45) is -3.18. The maximum Gasteiger partial charge on any atom is 0.418 e. The number of methoxy groups -OCH3 is 1. The lowest BCUT2D eigenvalue weighted by Gasteiger charge is -2.14. The van der Waals surface area contributed by atoms with Crippen LogP contribution in [0.3, 0.4) is 0 Å². The number of carbonyl (C=O) groups is 1. The number of nitrogens with one attached hydrogen (secondary N) is 1. The summed E-state index contributed by atoms with van der Waals surface area (Å²) < 4.78 is 45.3. The Morgan fingerprint density at radius 1 is 1.15 bits per heavy atom. The van der Waals surface area contributed by atoms with Gasteiger partial charge in [-0.25, -0.2) is 0 Å². The first-order valence-electron chi connectivity index (χ1n) is 7.93. The molecular formula is C19H15F3N2O3. The Hall–Kier alpha value is -3.29. The number of aromatic nitrogens is 1. The first-order chi connectivity index (χ1) is 12.8. The van der Waals surface area contributed by atoms with Crippen LogP contribution in [-0.4, -0.2) is 17.6 Å². The van der Waals surface area contributed by atoms with Crippen molar-refractivity contribution in [3.8, 4) is 5.75 Å². The Balaban J connectivity index is 1.85. The lowest BCUT2D eigenvalue weighted by molar-refractivity contribution is -0.137. The third-order valence-electron chi connectivity index (χ3n) is 4.00. The van der Waals surface area contributed by atoms with E-state index in [2.05, 4.69) is 5.32 Å². The second-order valence-electron chi connectivity index (χ2n) is 5.79. The van der Waals surface area contributed by atoms with Gasteiger partial charge < -0.3 is 14.6 Å². The van der Waals surface area contributed by atoms with Crippen molar-refractivity contribution in [1.82, 2.24) is 4.57 Å². The van der Waals surface area contributed by atoms with Crippen LogP contribution in [0, 0.1) is 0 Å². The van der Waals surface area contributed by atoms with Crippen molar-refractivity contribution in [2.75, 3.05) is 12.4 Å². The van der Waals surface area contributed by atoms with Crippen LogP contribution < -0.4 is 15.6 Å². The van der Waals surface area contributed by atoms with Crippen LogP contribution >= 0.6 is 0 Å². The van der Waals surface area contributed by atoms with E-state index < -0.39 is 29.8 Å². The van der Waals surface area contributed by atoms with Crippen molar-refractivity contribution < 1.29 is 22.7 Å². The van der Waals surface area contributed by atoms with Gasteiger partial charge in [0.1, 0.15) is 12.3 Å². The van der Waals surface area contributed by atoms with Crippen molar-refractivity contribution in [3.05, 3.63) is 70.6 Å². The largest absolute Gasteiger partial charge is 0.497 e. The van der Waals surface area contributed by atoms with E-state index in [0.29, 0.717) is 16.5 Å². The second kappa shape index (κ2) is 7.14. The number of ether oxygens (including phenoxy) is 1. The summed E-state index contributed by atoms with van der Waals surface area (Å²) in [6.45, 7) is -0.410. The molecule has 1 heterocycles. The third-order valence-corrected chi connectivity index (χ3v) is 4.00. The smallest absolute Gasteiger partial charge is 0.418 e. The fourth-order valence-corrected chi connectivity index (χ4v) is 2.70. The van der Waals surface area contributed by atoms with E-state index >= 15 is 0 Å². The molecule has 2 aromatic carbocycles. The van der Waals surface area contributed by atoms with Crippen LogP contribution in [0.15, 0.2) is 59.5 Å².